The minimum absolute atomic E-state index is 0.0757. The van der Waals surface area contributed by atoms with Crippen molar-refractivity contribution in [3.05, 3.63) is 36.5 Å². The van der Waals surface area contributed by atoms with Crippen LogP contribution in [0.4, 0.5) is 0 Å². The molecule has 1 heterocycles. The summed E-state index contributed by atoms with van der Waals surface area (Å²) in [7, 11) is 0. The predicted molar refractivity (Wildman–Crippen MR) is 137 cm³/mol. The van der Waals surface area contributed by atoms with E-state index in [2.05, 4.69) is 27.0 Å². The third kappa shape index (κ3) is 5.28. The largest absolute Gasteiger partial charge is 0.458 e. The van der Waals surface area contributed by atoms with Crippen molar-refractivity contribution in [3.8, 4) is 0 Å². The predicted octanol–water partition coefficient (Wildman–Crippen LogP) is 4.62. The molecule has 1 spiro atoms. The van der Waals surface area contributed by atoms with Crippen molar-refractivity contribution in [2.24, 2.45) is 28.6 Å². The molecule has 0 aromatic carbocycles. The van der Waals surface area contributed by atoms with E-state index in [1.807, 2.05) is 13.8 Å². The minimum atomic E-state index is -1.18. The zero-order valence-electron chi connectivity index (χ0n) is 23.0. The van der Waals surface area contributed by atoms with Crippen molar-refractivity contribution in [1.82, 2.24) is 0 Å². The Morgan fingerprint density at radius 1 is 1.22 bits per heavy atom. The average molecular weight is 519 g/mol. The molecule has 206 valence electrons. The van der Waals surface area contributed by atoms with E-state index in [0.29, 0.717) is 31.3 Å². The van der Waals surface area contributed by atoms with Gasteiger partial charge >= 0.3 is 17.9 Å². The van der Waals surface area contributed by atoms with Crippen LogP contribution in [0.5, 0.6) is 0 Å². The Morgan fingerprint density at radius 3 is 2.43 bits per heavy atom. The van der Waals surface area contributed by atoms with Crippen LogP contribution in [0.3, 0.4) is 0 Å². The van der Waals surface area contributed by atoms with Gasteiger partial charge in [0.2, 0.25) is 12.6 Å². The molecule has 2 aliphatic carbocycles. The Bertz CT molecular complexity index is 969. The first-order valence-electron chi connectivity index (χ1n) is 13.2. The van der Waals surface area contributed by atoms with Crippen molar-refractivity contribution < 1.29 is 38.4 Å². The van der Waals surface area contributed by atoms with Crippen LogP contribution in [0.2, 0.25) is 0 Å². The topological polar surface area (TPSA) is 108 Å². The molecule has 1 N–H and O–H groups in total. The molecular formula is C29H42O8. The lowest BCUT2D eigenvalue weighted by atomic mass is 9.45. The van der Waals surface area contributed by atoms with Crippen LogP contribution in [-0.2, 0) is 33.3 Å². The van der Waals surface area contributed by atoms with Gasteiger partial charge in [0.05, 0.1) is 17.4 Å². The van der Waals surface area contributed by atoms with E-state index >= 15 is 0 Å². The molecule has 9 atom stereocenters. The van der Waals surface area contributed by atoms with Gasteiger partial charge in [-0.25, -0.2) is 0 Å². The van der Waals surface area contributed by atoms with Gasteiger partial charge in [0.25, 0.3) is 0 Å². The first-order valence-corrected chi connectivity index (χ1v) is 13.2. The third-order valence-corrected chi connectivity index (χ3v) is 8.95. The molecule has 1 unspecified atom stereocenters. The number of ether oxygens (including phenoxy) is 4. The van der Waals surface area contributed by atoms with Crippen LogP contribution < -0.4 is 0 Å². The second-order valence-electron chi connectivity index (χ2n) is 11.2. The molecule has 37 heavy (non-hydrogen) atoms. The van der Waals surface area contributed by atoms with Crippen molar-refractivity contribution in [2.45, 2.75) is 98.4 Å². The number of carbonyl (C=O) groups is 3. The van der Waals surface area contributed by atoms with Crippen LogP contribution in [0, 0.1) is 28.6 Å². The lowest BCUT2D eigenvalue weighted by Gasteiger charge is -2.60. The van der Waals surface area contributed by atoms with E-state index in [1.165, 1.54) is 13.8 Å². The zero-order valence-corrected chi connectivity index (χ0v) is 23.0. The van der Waals surface area contributed by atoms with Gasteiger partial charge in [-0.05, 0) is 55.4 Å². The van der Waals surface area contributed by atoms with E-state index in [1.54, 1.807) is 12.2 Å². The average Bonchev–Trinajstić information content (AvgIpc) is 3.12. The highest BCUT2D eigenvalue weighted by Crippen LogP contribution is 2.67. The van der Waals surface area contributed by atoms with Gasteiger partial charge in [-0.3, -0.25) is 19.1 Å². The molecule has 0 aromatic rings. The maximum Gasteiger partial charge on any atom is 0.309 e. The van der Waals surface area contributed by atoms with E-state index in [-0.39, 0.29) is 23.7 Å². The third-order valence-electron chi connectivity index (χ3n) is 8.95. The molecule has 0 radical (unpaired) electrons. The monoisotopic (exact) mass is 518 g/mol. The molecule has 3 rings (SSSR count). The Hall–Kier alpha value is -2.45. The Labute approximate surface area is 220 Å². The SMILES string of the molecule is C=CC(=C)CC[C@]1(C)[C@H]2C[C@@H](OC(=O)C(C)CC)C=C3[C@H](OC(C)=O)O[C@H](OC(C)=O)[C@@]32[C@H](O)C[C@@H]1C. The van der Waals surface area contributed by atoms with Gasteiger partial charge in [-0.2, -0.15) is 0 Å². The van der Waals surface area contributed by atoms with Gasteiger partial charge in [0, 0.05) is 19.4 Å². The summed E-state index contributed by atoms with van der Waals surface area (Å²) in [5, 5.41) is 11.7. The molecule has 0 aromatic heterocycles. The molecule has 0 amide bonds. The van der Waals surface area contributed by atoms with E-state index in [4.69, 9.17) is 18.9 Å². The maximum atomic E-state index is 12.8. The first-order chi connectivity index (χ1) is 17.3. The van der Waals surface area contributed by atoms with E-state index < -0.39 is 47.6 Å². The summed E-state index contributed by atoms with van der Waals surface area (Å²) in [6, 6.07) is 0. The lowest BCUT2D eigenvalue weighted by molar-refractivity contribution is -0.254. The molecule has 1 saturated carbocycles. The van der Waals surface area contributed by atoms with Crippen LogP contribution in [0.15, 0.2) is 36.5 Å². The standard InChI is InChI=1S/C29H42O8/c1-9-16(3)11-12-28(8)18(5)13-24(32)29-22(26(34-19(6)30)37-27(29)35-20(7)31)14-21(15-23(28)29)36-25(33)17(4)10-2/h9,14,17-18,21,23-24,26-27,32H,1,3,10-13,15H2,2,4-8H3/t17?,18-,21-,23+,24+,26+,27-,28-,29-/m0/s1. The quantitative estimate of drug-likeness (QED) is 0.204. The molecule has 3 aliphatic rings. The number of esters is 3. The van der Waals surface area contributed by atoms with Crippen molar-refractivity contribution in [2.75, 3.05) is 0 Å². The Balaban J connectivity index is 2.19. The van der Waals surface area contributed by atoms with Crippen molar-refractivity contribution in [3.63, 3.8) is 0 Å². The summed E-state index contributed by atoms with van der Waals surface area (Å²) in [6.45, 7) is 18.5. The van der Waals surface area contributed by atoms with Gasteiger partial charge in [-0.15, -0.1) is 0 Å². The van der Waals surface area contributed by atoms with Gasteiger partial charge in [-0.1, -0.05) is 52.5 Å². The summed E-state index contributed by atoms with van der Waals surface area (Å²) < 4.78 is 23.2. The highest BCUT2D eigenvalue weighted by Gasteiger charge is 2.71. The second-order valence-corrected chi connectivity index (χ2v) is 11.2. The number of hydrogen-bond donors (Lipinski definition) is 1. The van der Waals surface area contributed by atoms with Crippen LogP contribution in [0.25, 0.3) is 0 Å². The molecule has 8 nitrogen and oxygen atoms in total. The number of carbonyl (C=O) groups excluding carboxylic acids is 3. The Morgan fingerprint density at radius 2 is 1.86 bits per heavy atom. The fourth-order valence-corrected chi connectivity index (χ4v) is 6.45. The highest BCUT2D eigenvalue weighted by molar-refractivity contribution is 5.72. The summed E-state index contributed by atoms with van der Waals surface area (Å²) in [6.07, 6.45) is 2.45. The van der Waals surface area contributed by atoms with Gasteiger partial charge in [0.1, 0.15) is 6.10 Å². The Kier molecular flexibility index (Phi) is 8.75. The molecule has 1 saturated heterocycles. The summed E-state index contributed by atoms with van der Waals surface area (Å²) in [4.78, 5) is 37.0. The fraction of sp³-hybridized carbons (Fsp3) is 0.690. The number of hydrogen-bond acceptors (Lipinski definition) is 8. The maximum absolute atomic E-state index is 12.8. The van der Waals surface area contributed by atoms with Crippen LogP contribution in [0.1, 0.15) is 73.6 Å². The zero-order chi connectivity index (χ0) is 27.7. The lowest BCUT2D eigenvalue weighted by Crippen LogP contribution is -2.63. The number of aliphatic hydroxyl groups is 1. The first kappa shape index (κ1) is 29.1. The van der Waals surface area contributed by atoms with E-state index in [9.17, 15) is 19.5 Å². The summed E-state index contributed by atoms with van der Waals surface area (Å²) >= 11 is 0. The van der Waals surface area contributed by atoms with Crippen molar-refractivity contribution >= 4 is 17.9 Å². The smallest absolute Gasteiger partial charge is 0.309 e. The second kappa shape index (κ2) is 11.1. The van der Waals surface area contributed by atoms with Gasteiger partial charge < -0.3 is 19.3 Å². The fourth-order valence-electron chi connectivity index (χ4n) is 6.45. The minimum Gasteiger partial charge on any atom is -0.458 e. The molecule has 8 heteroatoms. The molecule has 1 aliphatic heterocycles. The molecule has 2 fully saturated rings. The number of aliphatic hydroxyl groups excluding tert-OH is 1. The number of rotatable bonds is 9. The van der Waals surface area contributed by atoms with Gasteiger partial charge in [0.15, 0.2) is 0 Å². The normalized spacial score (nSPS) is 37.3. The summed E-state index contributed by atoms with van der Waals surface area (Å²) in [5.41, 5.74) is -0.169. The summed E-state index contributed by atoms with van der Waals surface area (Å²) in [5.74, 6) is -1.99. The number of allylic oxidation sites excluding steroid dienone is 2. The van der Waals surface area contributed by atoms with E-state index in [0.717, 1.165) is 12.0 Å². The van der Waals surface area contributed by atoms with Crippen LogP contribution in [-0.4, -0.2) is 47.8 Å². The van der Waals surface area contributed by atoms with Crippen LogP contribution >= 0.6 is 0 Å². The molecular weight excluding hydrogens is 476 g/mol. The highest BCUT2D eigenvalue weighted by atomic mass is 16.8. The van der Waals surface area contributed by atoms with Crippen molar-refractivity contribution in [1.29, 1.82) is 0 Å². The molecule has 0 bridgehead atoms.